The molecule has 0 radical (unpaired) electrons. The Hall–Kier alpha value is -3.02. The Morgan fingerprint density at radius 3 is 2.45 bits per heavy atom. The molecule has 1 heterocycles. The van der Waals surface area contributed by atoms with Crippen LogP contribution in [0.5, 0.6) is 0 Å². The van der Waals surface area contributed by atoms with Gasteiger partial charge in [-0.05, 0) is 25.1 Å². The van der Waals surface area contributed by atoms with Gasteiger partial charge in [-0.25, -0.2) is 4.68 Å². The third kappa shape index (κ3) is 2.35. The number of para-hydroxylation sites is 1. The van der Waals surface area contributed by atoms with E-state index in [-0.39, 0.29) is 16.8 Å². The fourth-order valence-corrected chi connectivity index (χ4v) is 2.24. The van der Waals surface area contributed by atoms with Crippen LogP contribution in [-0.2, 0) is 0 Å². The maximum atomic E-state index is 14.6. The molecule has 0 aliphatic rings. The predicted molar refractivity (Wildman–Crippen MR) is 80.3 cm³/mol. The summed E-state index contributed by atoms with van der Waals surface area (Å²) in [5.74, 6) is -0.627. The Morgan fingerprint density at radius 2 is 1.77 bits per heavy atom. The Kier molecular flexibility index (Phi) is 3.42. The van der Waals surface area contributed by atoms with E-state index in [0.29, 0.717) is 5.69 Å². The summed E-state index contributed by atoms with van der Waals surface area (Å²) in [5.41, 5.74) is 1.78. The second-order valence-electron chi connectivity index (χ2n) is 4.87. The topological polar surface area (TPSA) is 61.0 Å². The number of hydrogen-bond acceptors (Lipinski definition) is 3. The molecule has 0 saturated heterocycles. The fourth-order valence-electron chi connectivity index (χ4n) is 2.24. The van der Waals surface area contributed by atoms with Gasteiger partial charge in [0.2, 0.25) is 5.95 Å². The highest BCUT2D eigenvalue weighted by molar-refractivity contribution is 5.73. The molecular formula is C16H12FN3O2. The average molecular weight is 297 g/mol. The molecule has 3 aromatic rings. The summed E-state index contributed by atoms with van der Waals surface area (Å²) in [6, 6.07) is 13.2. The summed E-state index contributed by atoms with van der Waals surface area (Å²) in [6.07, 6.45) is 1.30. The minimum Gasteiger partial charge on any atom is -0.258 e. The monoisotopic (exact) mass is 297 g/mol. The minimum atomic E-state index is -0.627. The van der Waals surface area contributed by atoms with Crippen LogP contribution in [0.2, 0.25) is 0 Å². The fraction of sp³-hybridized carbons (Fsp3) is 0.0625. The van der Waals surface area contributed by atoms with E-state index < -0.39 is 10.9 Å². The van der Waals surface area contributed by atoms with E-state index in [0.717, 1.165) is 10.2 Å². The molecule has 0 N–H and O–H groups in total. The molecule has 0 atom stereocenters. The molecule has 0 saturated carbocycles. The summed E-state index contributed by atoms with van der Waals surface area (Å²) in [4.78, 5) is 10.5. The molecule has 0 spiro atoms. The quantitative estimate of drug-likeness (QED) is 0.544. The highest BCUT2D eigenvalue weighted by Crippen LogP contribution is 2.31. The highest BCUT2D eigenvalue weighted by Gasteiger charge is 2.21. The lowest BCUT2D eigenvalue weighted by atomic mass is 10.1. The van der Waals surface area contributed by atoms with E-state index in [1.54, 1.807) is 24.3 Å². The molecule has 0 bridgehead atoms. The van der Waals surface area contributed by atoms with Crippen LogP contribution >= 0.6 is 0 Å². The third-order valence-corrected chi connectivity index (χ3v) is 3.38. The van der Waals surface area contributed by atoms with E-state index in [9.17, 15) is 14.5 Å². The summed E-state index contributed by atoms with van der Waals surface area (Å²) < 4.78 is 15.8. The highest BCUT2D eigenvalue weighted by atomic mass is 19.1. The van der Waals surface area contributed by atoms with Crippen molar-refractivity contribution in [3.63, 3.8) is 0 Å². The molecule has 22 heavy (non-hydrogen) atoms. The number of nitro groups is 1. The zero-order valence-corrected chi connectivity index (χ0v) is 11.7. The van der Waals surface area contributed by atoms with E-state index in [4.69, 9.17) is 0 Å². The van der Waals surface area contributed by atoms with Crippen molar-refractivity contribution in [2.24, 2.45) is 0 Å². The molecule has 0 amide bonds. The smallest absolute Gasteiger partial charge is 0.258 e. The molecule has 3 rings (SSSR count). The van der Waals surface area contributed by atoms with Gasteiger partial charge in [-0.1, -0.05) is 29.8 Å². The number of hydrogen-bond donors (Lipinski definition) is 0. The number of halogens is 1. The summed E-state index contributed by atoms with van der Waals surface area (Å²) in [6.45, 7) is 1.93. The predicted octanol–water partition coefficient (Wildman–Crippen LogP) is 3.90. The van der Waals surface area contributed by atoms with Crippen LogP contribution in [0.3, 0.4) is 0 Å². The molecule has 0 aliphatic heterocycles. The van der Waals surface area contributed by atoms with Crippen LogP contribution in [0.25, 0.3) is 16.8 Å². The van der Waals surface area contributed by atoms with E-state index in [2.05, 4.69) is 5.10 Å². The largest absolute Gasteiger partial charge is 0.277 e. The standard InChI is InChI=1S/C16H12FN3O2/c1-11-6-8-12(9-7-11)19-16(17)14(10-18-19)13-4-2-3-5-15(13)20(21)22/h2-10H,1H3. The van der Waals surface area contributed by atoms with Gasteiger partial charge in [0, 0.05) is 6.07 Å². The Labute approximate surface area is 125 Å². The first-order valence-electron chi connectivity index (χ1n) is 6.62. The van der Waals surface area contributed by atoms with Crippen LogP contribution in [-0.4, -0.2) is 14.7 Å². The van der Waals surface area contributed by atoms with Crippen LogP contribution < -0.4 is 0 Å². The zero-order valence-electron chi connectivity index (χ0n) is 11.7. The molecule has 6 heteroatoms. The Balaban J connectivity index is 2.12. The van der Waals surface area contributed by atoms with Gasteiger partial charge in [0.15, 0.2) is 0 Å². The SMILES string of the molecule is Cc1ccc(-n2ncc(-c3ccccc3[N+](=O)[O-])c2F)cc1. The number of rotatable bonds is 3. The lowest BCUT2D eigenvalue weighted by Crippen LogP contribution is -2.00. The second kappa shape index (κ2) is 5.40. The van der Waals surface area contributed by atoms with Gasteiger partial charge in [0.25, 0.3) is 5.69 Å². The van der Waals surface area contributed by atoms with E-state index >= 15 is 0 Å². The summed E-state index contributed by atoms with van der Waals surface area (Å²) >= 11 is 0. The lowest BCUT2D eigenvalue weighted by molar-refractivity contribution is -0.384. The van der Waals surface area contributed by atoms with Crippen molar-refractivity contribution in [3.8, 4) is 16.8 Å². The van der Waals surface area contributed by atoms with Crippen molar-refractivity contribution in [1.29, 1.82) is 0 Å². The van der Waals surface area contributed by atoms with Gasteiger partial charge < -0.3 is 0 Å². The van der Waals surface area contributed by atoms with Crippen LogP contribution in [0.4, 0.5) is 10.1 Å². The summed E-state index contributed by atoms with van der Waals surface area (Å²) in [5, 5.41) is 15.1. The second-order valence-corrected chi connectivity index (χ2v) is 4.87. The van der Waals surface area contributed by atoms with Crippen molar-refractivity contribution in [2.75, 3.05) is 0 Å². The first-order chi connectivity index (χ1) is 10.6. The van der Waals surface area contributed by atoms with E-state index in [1.165, 1.54) is 18.3 Å². The number of aromatic nitrogens is 2. The maximum absolute atomic E-state index is 14.6. The number of nitrogens with zero attached hydrogens (tertiary/aromatic N) is 3. The van der Waals surface area contributed by atoms with Gasteiger partial charge in [0.05, 0.1) is 27.9 Å². The number of benzene rings is 2. The Morgan fingerprint density at radius 1 is 1.09 bits per heavy atom. The van der Waals surface area contributed by atoms with Crippen molar-refractivity contribution < 1.29 is 9.31 Å². The number of nitro benzene ring substituents is 1. The van der Waals surface area contributed by atoms with Gasteiger partial charge in [-0.2, -0.15) is 9.49 Å². The van der Waals surface area contributed by atoms with Gasteiger partial charge in [-0.3, -0.25) is 10.1 Å². The van der Waals surface area contributed by atoms with Gasteiger partial charge in [-0.15, -0.1) is 0 Å². The molecule has 5 nitrogen and oxygen atoms in total. The van der Waals surface area contributed by atoms with Crippen LogP contribution in [0.15, 0.2) is 54.7 Å². The first kappa shape index (κ1) is 13.9. The molecule has 1 aromatic heterocycles. The molecule has 110 valence electrons. The van der Waals surface area contributed by atoms with Crippen LogP contribution in [0.1, 0.15) is 5.56 Å². The Bertz CT molecular complexity index is 841. The summed E-state index contributed by atoms with van der Waals surface area (Å²) in [7, 11) is 0. The normalized spacial score (nSPS) is 10.6. The molecule has 0 aliphatic carbocycles. The number of aryl methyl sites for hydroxylation is 1. The van der Waals surface area contributed by atoms with E-state index in [1.807, 2.05) is 19.1 Å². The van der Waals surface area contributed by atoms with Gasteiger partial charge in [0.1, 0.15) is 0 Å². The van der Waals surface area contributed by atoms with Gasteiger partial charge >= 0.3 is 0 Å². The third-order valence-electron chi connectivity index (χ3n) is 3.38. The molecule has 0 fully saturated rings. The van der Waals surface area contributed by atoms with Crippen molar-refractivity contribution in [1.82, 2.24) is 9.78 Å². The maximum Gasteiger partial charge on any atom is 0.277 e. The average Bonchev–Trinajstić information content (AvgIpc) is 2.89. The van der Waals surface area contributed by atoms with Crippen molar-refractivity contribution in [3.05, 3.63) is 76.4 Å². The zero-order chi connectivity index (χ0) is 15.7. The van der Waals surface area contributed by atoms with Crippen LogP contribution in [0, 0.1) is 23.0 Å². The van der Waals surface area contributed by atoms with Crippen molar-refractivity contribution in [2.45, 2.75) is 6.92 Å². The molecule has 0 unspecified atom stereocenters. The molecular weight excluding hydrogens is 285 g/mol. The first-order valence-corrected chi connectivity index (χ1v) is 6.62. The molecule has 2 aromatic carbocycles. The lowest BCUT2D eigenvalue weighted by Gasteiger charge is -2.04. The minimum absolute atomic E-state index is 0.105. The van der Waals surface area contributed by atoms with Crippen molar-refractivity contribution >= 4 is 5.69 Å².